The molecule has 4 heterocycles. The molecule has 2 aliphatic rings. The monoisotopic (exact) mass is 463 g/mol. The van der Waals surface area contributed by atoms with Crippen molar-refractivity contribution in [1.29, 1.82) is 0 Å². The first-order valence-corrected chi connectivity index (χ1v) is 12.0. The zero-order valence-corrected chi connectivity index (χ0v) is 19.6. The Morgan fingerprint density at radius 2 is 2.00 bits per heavy atom. The van der Waals surface area contributed by atoms with Gasteiger partial charge >= 0.3 is 0 Å². The molecular formula is C26H30FN5O2. The molecule has 1 fully saturated rings. The van der Waals surface area contributed by atoms with Crippen molar-refractivity contribution < 1.29 is 13.9 Å². The Hall–Kier alpha value is -3.26. The molecular weight excluding hydrogens is 433 g/mol. The Kier molecular flexibility index (Phi) is 6.32. The number of fused-ring (bicyclic) bond motifs is 5. The molecule has 0 radical (unpaired) electrons. The van der Waals surface area contributed by atoms with Crippen molar-refractivity contribution in [3.63, 3.8) is 0 Å². The van der Waals surface area contributed by atoms with Crippen molar-refractivity contribution in [3.8, 4) is 17.3 Å². The van der Waals surface area contributed by atoms with Gasteiger partial charge in [0.05, 0.1) is 12.2 Å². The third kappa shape index (κ3) is 4.55. The minimum absolute atomic E-state index is 0.0866. The van der Waals surface area contributed by atoms with Crippen LogP contribution in [0.25, 0.3) is 11.5 Å². The Morgan fingerprint density at radius 1 is 1.18 bits per heavy atom. The molecule has 2 bridgehead atoms. The van der Waals surface area contributed by atoms with Gasteiger partial charge in [-0.3, -0.25) is 4.79 Å². The van der Waals surface area contributed by atoms with Gasteiger partial charge in [-0.15, -0.1) is 0 Å². The predicted octanol–water partition coefficient (Wildman–Crippen LogP) is 4.88. The second-order valence-electron chi connectivity index (χ2n) is 9.31. The number of pyridine rings is 1. The predicted molar refractivity (Wildman–Crippen MR) is 129 cm³/mol. The second kappa shape index (κ2) is 9.54. The number of rotatable bonds is 1. The maximum Gasteiger partial charge on any atom is 0.260 e. The van der Waals surface area contributed by atoms with Crippen LogP contribution in [0.5, 0.6) is 5.75 Å². The number of nitrogens with one attached hydrogen (secondary N) is 1. The number of anilines is 1. The van der Waals surface area contributed by atoms with Crippen molar-refractivity contribution in [2.24, 2.45) is 0 Å². The summed E-state index contributed by atoms with van der Waals surface area (Å²) in [5.74, 6) is 0.868. The number of amides is 1. The van der Waals surface area contributed by atoms with E-state index in [2.05, 4.69) is 38.7 Å². The lowest BCUT2D eigenvalue weighted by atomic mass is 9.88. The minimum atomic E-state index is -0.359. The van der Waals surface area contributed by atoms with Crippen LogP contribution in [0, 0.1) is 5.82 Å². The van der Waals surface area contributed by atoms with E-state index in [0.717, 1.165) is 44.6 Å². The molecule has 3 aromatic rings. The Balaban J connectivity index is 1.52. The lowest BCUT2D eigenvalue weighted by Gasteiger charge is -2.29. The normalized spacial score (nSPS) is 20.0. The minimum Gasteiger partial charge on any atom is -0.493 e. The number of hydrogen-bond acceptors (Lipinski definition) is 5. The highest BCUT2D eigenvalue weighted by Gasteiger charge is 2.25. The number of ether oxygens (including phenoxy) is 1. The van der Waals surface area contributed by atoms with Gasteiger partial charge in [0.15, 0.2) is 5.82 Å². The highest BCUT2D eigenvalue weighted by Crippen LogP contribution is 2.34. The van der Waals surface area contributed by atoms with Crippen molar-refractivity contribution in [1.82, 2.24) is 19.4 Å². The molecule has 0 spiro atoms. The van der Waals surface area contributed by atoms with Crippen LogP contribution in [0.15, 0.2) is 42.7 Å². The summed E-state index contributed by atoms with van der Waals surface area (Å²) >= 11 is 0. The van der Waals surface area contributed by atoms with E-state index in [9.17, 15) is 4.79 Å². The number of carbonyl (C=O) groups is 1. The Morgan fingerprint density at radius 3 is 2.82 bits per heavy atom. The molecule has 0 saturated carbocycles. The molecule has 34 heavy (non-hydrogen) atoms. The number of likely N-dealkylation sites (tertiary alicyclic amines) is 1. The van der Waals surface area contributed by atoms with Crippen LogP contribution in [0.4, 0.5) is 10.2 Å². The molecule has 0 aliphatic carbocycles. The molecule has 8 heteroatoms. The van der Waals surface area contributed by atoms with Gasteiger partial charge in [0.25, 0.3) is 5.91 Å². The highest BCUT2D eigenvalue weighted by molar-refractivity contribution is 6.06. The van der Waals surface area contributed by atoms with Gasteiger partial charge < -0.3 is 19.5 Å². The van der Waals surface area contributed by atoms with Crippen LogP contribution < -0.4 is 10.1 Å². The van der Waals surface area contributed by atoms with Gasteiger partial charge in [0.2, 0.25) is 0 Å². The molecule has 1 atom stereocenters. The summed E-state index contributed by atoms with van der Waals surface area (Å²) in [5, 5.41) is 2.88. The van der Waals surface area contributed by atoms with Crippen molar-refractivity contribution in [2.75, 3.05) is 32.1 Å². The summed E-state index contributed by atoms with van der Waals surface area (Å²) in [6, 6.07) is 8.73. The fourth-order valence-corrected chi connectivity index (χ4v) is 4.88. The SMILES string of the molecule is C[C@H]1CCCOc2cc(F)c(C3CCN(C)CC3)cc2C(=O)Nc2cccc(n2)-c2nccn21. The smallest absolute Gasteiger partial charge is 0.260 e. The molecule has 2 aromatic heterocycles. The first-order chi connectivity index (χ1) is 16.5. The van der Waals surface area contributed by atoms with E-state index in [1.165, 1.54) is 6.07 Å². The van der Waals surface area contributed by atoms with Gasteiger partial charge in [0, 0.05) is 24.5 Å². The summed E-state index contributed by atoms with van der Waals surface area (Å²) in [5.41, 5.74) is 1.62. The second-order valence-corrected chi connectivity index (χ2v) is 9.31. The maximum absolute atomic E-state index is 15.2. The quantitative estimate of drug-likeness (QED) is 0.557. The molecule has 178 valence electrons. The summed E-state index contributed by atoms with van der Waals surface area (Å²) in [6.45, 7) is 4.35. The summed E-state index contributed by atoms with van der Waals surface area (Å²) in [7, 11) is 2.08. The van der Waals surface area contributed by atoms with Gasteiger partial charge in [-0.1, -0.05) is 6.07 Å². The number of aromatic nitrogens is 3. The van der Waals surface area contributed by atoms with E-state index in [1.54, 1.807) is 18.3 Å². The first kappa shape index (κ1) is 22.5. The fraction of sp³-hybridized carbons (Fsp3) is 0.423. The molecule has 0 unspecified atom stereocenters. The Labute approximate surface area is 199 Å². The lowest BCUT2D eigenvalue weighted by Crippen LogP contribution is -2.29. The first-order valence-electron chi connectivity index (χ1n) is 12.0. The zero-order valence-electron chi connectivity index (χ0n) is 19.6. The maximum atomic E-state index is 15.2. The van der Waals surface area contributed by atoms with Crippen LogP contribution in [-0.4, -0.2) is 52.1 Å². The van der Waals surface area contributed by atoms with E-state index in [1.807, 2.05) is 18.3 Å². The fourth-order valence-electron chi connectivity index (χ4n) is 4.88. The number of benzene rings is 1. The van der Waals surface area contributed by atoms with E-state index in [0.29, 0.717) is 29.2 Å². The number of piperidine rings is 1. The van der Waals surface area contributed by atoms with Crippen molar-refractivity contribution >= 4 is 11.7 Å². The zero-order chi connectivity index (χ0) is 23.7. The molecule has 1 aromatic carbocycles. The Bertz CT molecular complexity index is 1190. The summed E-state index contributed by atoms with van der Waals surface area (Å²) in [6.07, 6.45) is 7.03. The number of imidazole rings is 1. The average molecular weight is 464 g/mol. The number of halogens is 1. The van der Waals surface area contributed by atoms with E-state index < -0.39 is 0 Å². The largest absolute Gasteiger partial charge is 0.493 e. The van der Waals surface area contributed by atoms with Crippen molar-refractivity contribution in [2.45, 2.75) is 44.6 Å². The van der Waals surface area contributed by atoms with Gasteiger partial charge in [-0.05, 0) is 82.4 Å². The van der Waals surface area contributed by atoms with Gasteiger partial charge in [-0.25, -0.2) is 14.4 Å². The van der Waals surface area contributed by atoms with Crippen LogP contribution in [-0.2, 0) is 0 Å². The molecule has 2 aliphatic heterocycles. The van der Waals surface area contributed by atoms with E-state index in [4.69, 9.17) is 4.74 Å². The van der Waals surface area contributed by atoms with Crippen LogP contribution in [0.2, 0.25) is 0 Å². The highest BCUT2D eigenvalue weighted by atomic mass is 19.1. The molecule has 1 saturated heterocycles. The standard InChI is InChI=1S/C26H30FN5O2/c1-17-5-4-14-34-23-16-21(27)19(18-8-11-31(2)12-9-18)15-20(23)26(33)30-24-7-3-6-22(29-24)25-28-10-13-32(17)25/h3,6-7,10,13,15-18H,4-5,8-9,11-12,14H2,1-2H3,(H,29,30,33)/t17-/m0/s1. The molecule has 5 rings (SSSR count). The summed E-state index contributed by atoms with van der Waals surface area (Å²) in [4.78, 5) is 24.7. The number of nitrogens with zero attached hydrogens (tertiary/aromatic N) is 4. The van der Waals surface area contributed by atoms with Crippen molar-refractivity contribution in [3.05, 3.63) is 59.7 Å². The lowest BCUT2D eigenvalue weighted by molar-refractivity contribution is 0.102. The van der Waals surface area contributed by atoms with Gasteiger partial charge in [-0.2, -0.15) is 0 Å². The van der Waals surface area contributed by atoms with Crippen LogP contribution in [0.3, 0.4) is 0 Å². The topological polar surface area (TPSA) is 72.3 Å². The van der Waals surface area contributed by atoms with Gasteiger partial charge in [0.1, 0.15) is 23.1 Å². The number of hydrogen-bond donors (Lipinski definition) is 1. The van der Waals surface area contributed by atoms with E-state index >= 15 is 4.39 Å². The third-order valence-electron chi connectivity index (χ3n) is 6.89. The van der Waals surface area contributed by atoms with Crippen LogP contribution in [0.1, 0.15) is 60.5 Å². The molecule has 1 N–H and O–H groups in total. The average Bonchev–Trinajstić information content (AvgIpc) is 3.32. The third-order valence-corrected chi connectivity index (χ3v) is 6.89. The van der Waals surface area contributed by atoms with E-state index in [-0.39, 0.29) is 29.4 Å². The molecule has 1 amide bonds. The van der Waals surface area contributed by atoms with Crippen LogP contribution >= 0.6 is 0 Å². The number of carbonyl (C=O) groups excluding carboxylic acids is 1. The molecule has 7 nitrogen and oxygen atoms in total. The summed E-state index contributed by atoms with van der Waals surface area (Å²) < 4.78 is 23.2.